The molecule has 0 amide bonds. The van der Waals surface area contributed by atoms with Crippen molar-refractivity contribution < 1.29 is 4.74 Å². The number of aryl methyl sites for hydroxylation is 1. The summed E-state index contributed by atoms with van der Waals surface area (Å²) in [7, 11) is 1.91. The Hall–Kier alpha value is -0.990. The summed E-state index contributed by atoms with van der Waals surface area (Å²) in [5.74, 6) is 0.897. The number of ether oxygens (including phenoxy) is 1. The van der Waals surface area contributed by atoms with Gasteiger partial charge in [-0.3, -0.25) is 0 Å². The molecule has 0 aliphatic heterocycles. The molecule has 0 fully saturated rings. The van der Waals surface area contributed by atoms with Crippen molar-refractivity contribution in [1.82, 2.24) is 5.32 Å². The van der Waals surface area contributed by atoms with Gasteiger partial charge in [-0.25, -0.2) is 0 Å². The minimum Gasteiger partial charge on any atom is -0.487 e. The van der Waals surface area contributed by atoms with Crippen molar-refractivity contribution in [2.24, 2.45) is 0 Å². The van der Waals surface area contributed by atoms with E-state index in [1.54, 1.807) is 0 Å². The first-order chi connectivity index (χ1) is 7.15. The van der Waals surface area contributed by atoms with Gasteiger partial charge in [0.15, 0.2) is 0 Å². The maximum atomic E-state index is 5.67. The number of hydrogen-bond acceptors (Lipinski definition) is 2. The highest BCUT2D eigenvalue weighted by molar-refractivity contribution is 6.29. The van der Waals surface area contributed by atoms with Gasteiger partial charge in [0.25, 0.3) is 0 Å². The normalized spacial score (nSPS) is 10.1. The maximum Gasteiger partial charge on any atom is 0.127 e. The molecule has 1 N–H and O–H groups in total. The summed E-state index contributed by atoms with van der Waals surface area (Å²) in [5.41, 5.74) is 2.25. The van der Waals surface area contributed by atoms with Crippen LogP contribution >= 0.6 is 11.6 Å². The Bertz CT molecular complexity index is 349. The minimum absolute atomic E-state index is 0.350. The lowest BCUT2D eigenvalue weighted by atomic mass is 10.1. The molecule has 1 aromatic rings. The van der Waals surface area contributed by atoms with E-state index in [2.05, 4.69) is 11.9 Å². The number of halogens is 1. The van der Waals surface area contributed by atoms with E-state index < -0.39 is 0 Å². The fourth-order valence-electron chi connectivity index (χ4n) is 1.40. The van der Waals surface area contributed by atoms with Crippen LogP contribution in [0.5, 0.6) is 5.75 Å². The lowest BCUT2D eigenvalue weighted by molar-refractivity contribution is 0.352. The van der Waals surface area contributed by atoms with Gasteiger partial charge >= 0.3 is 0 Å². The van der Waals surface area contributed by atoms with Crippen LogP contribution in [0.3, 0.4) is 0 Å². The van der Waals surface area contributed by atoms with Gasteiger partial charge in [0, 0.05) is 17.1 Å². The van der Waals surface area contributed by atoms with E-state index in [0.717, 1.165) is 23.4 Å². The number of benzene rings is 1. The van der Waals surface area contributed by atoms with Gasteiger partial charge in [0.1, 0.15) is 12.4 Å². The molecule has 2 nitrogen and oxygen atoms in total. The van der Waals surface area contributed by atoms with Crippen LogP contribution < -0.4 is 10.1 Å². The highest BCUT2D eigenvalue weighted by Crippen LogP contribution is 2.23. The van der Waals surface area contributed by atoms with Crippen LogP contribution in [0.4, 0.5) is 0 Å². The Morgan fingerprint density at radius 2 is 2.27 bits per heavy atom. The molecule has 0 aliphatic carbocycles. The monoisotopic (exact) mass is 225 g/mol. The Kier molecular flexibility index (Phi) is 4.66. The fourth-order valence-corrected chi connectivity index (χ4v) is 1.45. The summed E-state index contributed by atoms with van der Waals surface area (Å²) in [6.45, 7) is 6.75. The van der Waals surface area contributed by atoms with E-state index in [1.165, 1.54) is 0 Å². The second-order valence-electron chi connectivity index (χ2n) is 3.40. The van der Waals surface area contributed by atoms with E-state index in [-0.39, 0.29) is 0 Å². The quantitative estimate of drug-likeness (QED) is 0.832. The lowest BCUT2D eigenvalue weighted by Gasteiger charge is -2.13. The third-order valence-corrected chi connectivity index (χ3v) is 2.14. The molecule has 15 heavy (non-hydrogen) atoms. The predicted molar refractivity (Wildman–Crippen MR) is 64.4 cm³/mol. The zero-order chi connectivity index (χ0) is 11.3. The standard InChI is InChI=1S/C12H16ClNO/c1-9-5-4-6-11(7-14-3)12(9)15-8-10(2)13/h4-6,14H,2,7-8H2,1,3H3. The molecule has 1 rings (SSSR count). The van der Waals surface area contributed by atoms with Crippen molar-refractivity contribution in [1.29, 1.82) is 0 Å². The Labute approximate surface area is 95.9 Å². The summed E-state index contributed by atoms with van der Waals surface area (Å²) in [4.78, 5) is 0. The first kappa shape index (κ1) is 12.1. The van der Waals surface area contributed by atoms with E-state index in [0.29, 0.717) is 11.6 Å². The predicted octanol–water partition coefficient (Wildman–Crippen LogP) is 2.85. The van der Waals surface area contributed by atoms with Gasteiger partial charge < -0.3 is 10.1 Å². The second-order valence-corrected chi connectivity index (χ2v) is 3.93. The van der Waals surface area contributed by atoms with Crippen molar-refractivity contribution in [2.45, 2.75) is 13.5 Å². The van der Waals surface area contributed by atoms with Crippen molar-refractivity contribution in [2.75, 3.05) is 13.7 Å². The van der Waals surface area contributed by atoms with Crippen molar-refractivity contribution >= 4 is 11.6 Å². The third-order valence-electron chi connectivity index (χ3n) is 2.03. The highest BCUT2D eigenvalue weighted by Gasteiger charge is 2.06. The molecular formula is C12H16ClNO. The van der Waals surface area contributed by atoms with Gasteiger partial charge in [-0.05, 0) is 19.5 Å². The summed E-state index contributed by atoms with van der Waals surface area (Å²) in [6.07, 6.45) is 0. The second kappa shape index (κ2) is 5.79. The average molecular weight is 226 g/mol. The molecule has 0 saturated carbocycles. The number of rotatable bonds is 5. The molecule has 0 atom stereocenters. The van der Waals surface area contributed by atoms with E-state index in [9.17, 15) is 0 Å². The van der Waals surface area contributed by atoms with Crippen LogP contribution in [0, 0.1) is 6.92 Å². The highest BCUT2D eigenvalue weighted by atomic mass is 35.5. The van der Waals surface area contributed by atoms with Crippen LogP contribution in [0.2, 0.25) is 0 Å². The summed E-state index contributed by atoms with van der Waals surface area (Å²) in [6, 6.07) is 6.08. The molecule has 0 spiro atoms. The lowest BCUT2D eigenvalue weighted by Crippen LogP contribution is -2.09. The van der Waals surface area contributed by atoms with Gasteiger partial charge in [-0.2, -0.15) is 0 Å². The SMILES string of the molecule is C=C(Cl)COc1c(C)cccc1CNC. The molecule has 0 bridgehead atoms. The molecule has 3 heteroatoms. The van der Waals surface area contributed by atoms with Crippen LogP contribution in [0.15, 0.2) is 29.8 Å². The fraction of sp³-hybridized carbons (Fsp3) is 0.333. The van der Waals surface area contributed by atoms with Crippen LogP contribution in [-0.4, -0.2) is 13.7 Å². The van der Waals surface area contributed by atoms with E-state index in [1.807, 2.05) is 32.2 Å². The largest absolute Gasteiger partial charge is 0.487 e. The summed E-state index contributed by atoms with van der Waals surface area (Å²) >= 11 is 5.67. The van der Waals surface area contributed by atoms with Crippen LogP contribution in [-0.2, 0) is 6.54 Å². The van der Waals surface area contributed by atoms with Crippen molar-refractivity contribution in [3.8, 4) is 5.75 Å². The molecule has 0 heterocycles. The molecule has 0 unspecified atom stereocenters. The smallest absolute Gasteiger partial charge is 0.127 e. The number of hydrogen-bond donors (Lipinski definition) is 1. The topological polar surface area (TPSA) is 21.3 Å². The van der Waals surface area contributed by atoms with Crippen molar-refractivity contribution in [3.63, 3.8) is 0 Å². The van der Waals surface area contributed by atoms with Gasteiger partial charge in [-0.15, -0.1) is 0 Å². The van der Waals surface area contributed by atoms with Crippen LogP contribution in [0.1, 0.15) is 11.1 Å². The minimum atomic E-state index is 0.350. The molecular weight excluding hydrogens is 210 g/mol. The molecule has 0 aromatic heterocycles. The van der Waals surface area contributed by atoms with Gasteiger partial charge in [0.2, 0.25) is 0 Å². The van der Waals surface area contributed by atoms with Gasteiger partial charge in [-0.1, -0.05) is 36.4 Å². The Morgan fingerprint density at radius 3 is 2.87 bits per heavy atom. The third kappa shape index (κ3) is 3.57. The molecule has 0 aliphatic rings. The van der Waals surface area contributed by atoms with E-state index in [4.69, 9.17) is 16.3 Å². The number of para-hydroxylation sites is 1. The first-order valence-corrected chi connectivity index (χ1v) is 5.22. The average Bonchev–Trinajstić information content (AvgIpc) is 2.17. The number of nitrogens with one attached hydrogen (secondary N) is 1. The molecule has 0 radical (unpaired) electrons. The molecule has 82 valence electrons. The summed E-state index contributed by atoms with van der Waals surface area (Å²) in [5, 5.41) is 3.61. The van der Waals surface area contributed by atoms with Gasteiger partial charge in [0.05, 0.1) is 0 Å². The molecule has 0 saturated heterocycles. The van der Waals surface area contributed by atoms with Crippen LogP contribution in [0.25, 0.3) is 0 Å². The van der Waals surface area contributed by atoms with Crippen molar-refractivity contribution in [3.05, 3.63) is 40.9 Å². The Morgan fingerprint density at radius 1 is 1.53 bits per heavy atom. The first-order valence-electron chi connectivity index (χ1n) is 4.84. The maximum absolute atomic E-state index is 5.67. The zero-order valence-electron chi connectivity index (χ0n) is 9.14. The van der Waals surface area contributed by atoms with E-state index >= 15 is 0 Å². The molecule has 1 aromatic carbocycles. The zero-order valence-corrected chi connectivity index (χ0v) is 9.90. The Balaban J connectivity index is 2.86. The summed E-state index contributed by atoms with van der Waals surface area (Å²) < 4.78 is 5.61.